The van der Waals surface area contributed by atoms with Gasteiger partial charge in [0.05, 0.1) is 5.56 Å². The van der Waals surface area contributed by atoms with Crippen molar-refractivity contribution in [3.05, 3.63) is 69.9 Å². The average Bonchev–Trinajstić information content (AvgIpc) is 2.71. The Balaban J connectivity index is 1.57. The zero-order valence-corrected chi connectivity index (χ0v) is 16.4. The lowest BCUT2D eigenvalue weighted by molar-refractivity contribution is -0.121. The van der Waals surface area contributed by atoms with Crippen molar-refractivity contribution in [1.29, 1.82) is 0 Å². The zero-order valence-electron chi connectivity index (χ0n) is 16.4. The van der Waals surface area contributed by atoms with E-state index < -0.39 is 0 Å². The molecule has 2 amide bonds. The fourth-order valence-electron chi connectivity index (χ4n) is 3.22. The minimum Gasteiger partial charge on any atom is -0.350 e. The molecule has 7 nitrogen and oxygen atoms in total. The van der Waals surface area contributed by atoms with Gasteiger partial charge in [-0.25, -0.2) is 4.39 Å². The smallest absolute Gasteiger partial charge is 0.252 e. The van der Waals surface area contributed by atoms with Crippen molar-refractivity contribution in [3.63, 3.8) is 0 Å². The molecule has 8 heteroatoms. The van der Waals surface area contributed by atoms with E-state index in [4.69, 9.17) is 0 Å². The summed E-state index contributed by atoms with van der Waals surface area (Å²) in [5, 5.41) is 5.68. The summed E-state index contributed by atoms with van der Waals surface area (Å²) < 4.78 is 14.1. The zero-order chi connectivity index (χ0) is 20.8. The Morgan fingerprint density at radius 1 is 1.10 bits per heavy atom. The van der Waals surface area contributed by atoms with Gasteiger partial charge in [-0.3, -0.25) is 14.4 Å². The standard InChI is InChI=1S/C21H25FN4O3/c1-25-10-8-18(9-11-25)24-21(29)16-4-7-20(28)26(13-16)14-19(27)23-12-15-2-5-17(22)6-3-15/h2-7,13,18H,8-12,14H2,1H3,(H,23,27)(H,24,29). The number of carbonyl (C=O) groups excluding carboxylic acids is 2. The molecule has 154 valence electrons. The Labute approximate surface area is 168 Å². The van der Waals surface area contributed by atoms with Crippen LogP contribution in [-0.2, 0) is 17.9 Å². The number of hydrogen-bond acceptors (Lipinski definition) is 4. The van der Waals surface area contributed by atoms with Gasteiger partial charge >= 0.3 is 0 Å². The molecule has 0 bridgehead atoms. The second-order valence-corrected chi connectivity index (χ2v) is 7.34. The van der Waals surface area contributed by atoms with Crippen molar-refractivity contribution in [3.8, 4) is 0 Å². The predicted molar refractivity (Wildman–Crippen MR) is 107 cm³/mol. The van der Waals surface area contributed by atoms with Crippen molar-refractivity contribution in [2.24, 2.45) is 0 Å². The SMILES string of the molecule is CN1CCC(NC(=O)c2ccc(=O)n(CC(=O)NCc3ccc(F)cc3)c2)CC1. The van der Waals surface area contributed by atoms with Crippen molar-refractivity contribution < 1.29 is 14.0 Å². The summed E-state index contributed by atoms with van der Waals surface area (Å²) in [7, 11) is 2.05. The summed E-state index contributed by atoms with van der Waals surface area (Å²) in [5.41, 5.74) is 0.728. The molecule has 0 radical (unpaired) electrons. The second-order valence-electron chi connectivity index (χ2n) is 7.34. The molecule has 0 aliphatic carbocycles. The first kappa shape index (κ1) is 20.7. The van der Waals surface area contributed by atoms with Crippen LogP contribution in [0.2, 0.25) is 0 Å². The number of benzene rings is 1. The molecular formula is C21H25FN4O3. The normalized spacial score (nSPS) is 15.1. The molecular weight excluding hydrogens is 375 g/mol. The van der Waals surface area contributed by atoms with Crippen LogP contribution in [0.15, 0.2) is 47.4 Å². The van der Waals surface area contributed by atoms with E-state index in [9.17, 15) is 18.8 Å². The minimum absolute atomic E-state index is 0.109. The number of piperidine rings is 1. The number of nitrogens with zero attached hydrogens (tertiary/aromatic N) is 2. The van der Waals surface area contributed by atoms with Gasteiger partial charge in [-0.2, -0.15) is 0 Å². The molecule has 29 heavy (non-hydrogen) atoms. The Morgan fingerprint density at radius 2 is 1.79 bits per heavy atom. The highest BCUT2D eigenvalue weighted by atomic mass is 19.1. The highest BCUT2D eigenvalue weighted by Crippen LogP contribution is 2.09. The Hall–Kier alpha value is -3.00. The van der Waals surface area contributed by atoms with E-state index in [1.54, 1.807) is 12.1 Å². The number of halogens is 1. The topological polar surface area (TPSA) is 83.4 Å². The molecule has 0 atom stereocenters. The lowest BCUT2D eigenvalue weighted by Crippen LogP contribution is -2.43. The van der Waals surface area contributed by atoms with Gasteiger partial charge in [0.2, 0.25) is 5.91 Å². The number of likely N-dealkylation sites (tertiary alicyclic amines) is 1. The van der Waals surface area contributed by atoms with Gasteiger partial charge in [0, 0.05) is 24.8 Å². The molecule has 2 N–H and O–H groups in total. The van der Waals surface area contributed by atoms with Crippen molar-refractivity contribution >= 4 is 11.8 Å². The van der Waals surface area contributed by atoms with Gasteiger partial charge < -0.3 is 20.1 Å². The maximum absolute atomic E-state index is 12.9. The third kappa shape index (κ3) is 5.99. The van der Waals surface area contributed by atoms with Crippen LogP contribution < -0.4 is 16.2 Å². The summed E-state index contributed by atoms with van der Waals surface area (Å²) in [6.07, 6.45) is 3.17. The number of amides is 2. The highest BCUT2D eigenvalue weighted by molar-refractivity contribution is 5.94. The predicted octanol–water partition coefficient (Wildman–Crippen LogP) is 1.13. The largest absolute Gasteiger partial charge is 0.350 e. The van der Waals surface area contributed by atoms with Crippen LogP contribution in [0, 0.1) is 5.82 Å². The molecule has 1 aromatic carbocycles. The molecule has 1 fully saturated rings. The number of aromatic nitrogens is 1. The summed E-state index contributed by atoms with van der Waals surface area (Å²) >= 11 is 0. The highest BCUT2D eigenvalue weighted by Gasteiger charge is 2.19. The molecule has 0 unspecified atom stereocenters. The number of pyridine rings is 1. The van der Waals surface area contributed by atoms with Crippen LogP contribution in [-0.4, -0.2) is 47.5 Å². The molecule has 0 saturated carbocycles. The Bertz CT molecular complexity index is 918. The lowest BCUT2D eigenvalue weighted by Gasteiger charge is -2.29. The maximum atomic E-state index is 12.9. The summed E-state index contributed by atoms with van der Waals surface area (Å²) in [4.78, 5) is 39.0. The molecule has 1 saturated heterocycles. The van der Waals surface area contributed by atoms with E-state index in [0.29, 0.717) is 5.56 Å². The molecule has 0 spiro atoms. The van der Waals surface area contributed by atoms with E-state index in [0.717, 1.165) is 31.5 Å². The third-order valence-corrected chi connectivity index (χ3v) is 5.02. The molecule has 1 aliphatic heterocycles. The molecule has 2 aromatic rings. The van der Waals surface area contributed by atoms with E-state index in [-0.39, 0.29) is 42.3 Å². The van der Waals surface area contributed by atoms with Gasteiger partial charge in [0.1, 0.15) is 12.4 Å². The van der Waals surface area contributed by atoms with Gasteiger partial charge in [-0.1, -0.05) is 12.1 Å². The van der Waals surface area contributed by atoms with Gasteiger partial charge in [0.25, 0.3) is 11.5 Å². The first-order valence-corrected chi connectivity index (χ1v) is 9.62. The molecule has 2 heterocycles. The molecule has 1 aliphatic rings. The number of carbonyl (C=O) groups is 2. The van der Waals surface area contributed by atoms with Crippen molar-refractivity contribution in [2.75, 3.05) is 20.1 Å². The Kier molecular flexibility index (Phi) is 6.77. The minimum atomic E-state index is -0.371. The van der Waals surface area contributed by atoms with E-state index >= 15 is 0 Å². The van der Waals surface area contributed by atoms with Gasteiger partial charge in [-0.05, 0) is 56.7 Å². The average molecular weight is 400 g/mol. The van der Waals surface area contributed by atoms with Crippen LogP contribution in [0.1, 0.15) is 28.8 Å². The van der Waals surface area contributed by atoms with Gasteiger partial charge in [0.15, 0.2) is 0 Å². The van der Waals surface area contributed by atoms with Crippen LogP contribution in [0.3, 0.4) is 0 Å². The van der Waals surface area contributed by atoms with Crippen LogP contribution in [0.4, 0.5) is 4.39 Å². The van der Waals surface area contributed by atoms with Crippen molar-refractivity contribution in [2.45, 2.75) is 32.0 Å². The van der Waals surface area contributed by atoms with Crippen LogP contribution >= 0.6 is 0 Å². The van der Waals surface area contributed by atoms with Gasteiger partial charge in [-0.15, -0.1) is 0 Å². The first-order valence-electron chi connectivity index (χ1n) is 9.62. The lowest BCUT2D eigenvalue weighted by atomic mass is 10.1. The third-order valence-electron chi connectivity index (χ3n) is 5.02. The molecule has 1 aromatic heterocycles. The summed E-state index contributed by atoms with van der Waals surface area (Å²) in [5.74, 6) is -0.966. The van der Waals surface area contributed by atoms with E-state index in [1.165, 1.54) is 35.0 Å². The quantitative estimate of drug-likeness (QED) is 0.762. The van der Waals surface area contributed by atoms with Crippen molar-refractivity contribution in [1.82, 2.24) is 20.1 Å². The van der Waals surface area contributed by atoms with Crippen LogP contribution in [0.5, 0.6) is 0 Å². The van der Waals surface area contributed by atoms with E-state index in [2.05, 4.69) is 22.6 Å². The Morgan fingerprint density at radius 3 is 2.48 bits per heavy atom. The second kappa shape index (κ2) is 9.47. The summed E-state index contributed by atoms with van der Waals surface area (Å²) in [6, 6.07) is 8.66. The molecule has 3 rings (SSSR count). The monoisotopic (exact) mass is 400 g/mol. The van der Waals surface area contributed by atoms with Crippen LogP contribution in [0.25, 0.3) is 0 Å². The number of nitrogens with one attached hydrogen (secondary N) is 2. The number of rotatable bonds is 6. The fourth-order valence-corrected chi connectivity index (χ4v) is 3.22. The summed E-state index contributed by atoms with van der Waals surface area (Å²) in [6.45, 7) is 1.89. The first-order chi connectivity index (χ1) is 13.9. The maximum Gasteiger partial charge on any atom is 0.252 e. The fraction of sp³-hybridized carbons (Fsp3) is 0.381. The number of hydrogen-bond donors (Lipinski definition) is 2. The van der Waals surface area contributed by atoms with E-state index in [1.807, 2.05) is 0 Å².